The fourth-order valence-corrected chi connectivity index (χ4v) is 1.31. The summed E-state index contributed by atoms with van der Waals surface area (Å²) in [4.78, 5) is 20.2. The van der Waals surface area contributed by atoms with E-state index in [9.17, 15) is 14.7 Å². The van der Waals surface area contributed by atoms with Gasteiger partial charge in [-0.25, -0.2) is 4.79 Å². The van der Waals surface area contributed by atoms with E-state index in [1.165, 1.54) is 12.1 Å². The van der Waals surface area contributed by atoms with E-state index >= 15 is 0 Å². The average molecular weight is 276 g/mol. The Hall–Kier alpha value is -2.28. The molecule has 0 aliphatic carbocycles. The van der Waals surface area contributed by atoms with Crippen LogP contribution in [0.2, 0.25) is 0 Å². The van der Waals surface area contributed by atoms with Crippen molar-refractivity contribution in [2.75, 3.05) is 0 Å². The van der Waals surface area contributed by atoms with Gasteiger partial charge in [0.2, 0.25) is 0 Å². The fourth-order valence-electron chi connectivity index (χ4n) is 1.31. The maximum Gasteiger partial charge on any atom is 1.00 e. The first-order valence-corrected chi connectivity index (χ1v) is 5.82. The van der Waals surface area contributed by atoms with E-state index < -0.39 is 11.9 Å². The quantitative estimate of drug-likeness (QED) is 0.566. The molecule has 0 saturated carbocycles. The van der Waals surface area contributed by atoms with Crippen LogP contribution in [0.5, 0.6) is 0 Å². The minimum Gasteiger partial charge on any atom is -0.545 e. The van der Waals surface area contributed by atoms with Crippen LogP contribution < -0.4 is 24.0 Å². The Morgan fingerprint density at radius 2 is 1.38 bits per heavy atom. The number of benzene rings is 2. The van der Waals surface area contributed by atoms with Crippen molar-refractivity contribution in [3.8, 4) is 0 Å². The van der Waals surface area contributed by atoms with E-state index in [0.717, 1.165) is 11.6 Å². The zero-order valence-corrected chi connectivity index (χ0v) is 11.6. The van der Waals surface area contributed by atoms with Gasteiger partial charge in [0.1, 0.15) is 0 Å². The second-order valence-electron chi connectivity index (χ2n) is 3.74. The summed E-state index contributed by atoms with van der Waals surface area (Å²) in [7, 11) is 0. The van der Waals surface area contributed by atoms with Crippen LogP contribution in [0.4, 0.5) is 0 Å². The molecule has 0 bridgehead atoms. The third-order valence-corrected chi connectivity index (χ3v) is 2.23. The second kappa shape index (κ2) is 10.5. The van der Waals surface area contributed by atoms with Crippen molar-refractivity contribution < 1.29 is 38.7 Å². The van der Waals surface area contributed by atoms with Crippen molar-refractivity contribution in [1.82, 2.24) is 0 Å². The molecule has 0 aromatic heterocycles. The number of hydrogen-bond acceptors (Lipinski definition) is 3. The van der Waals surface area contributed by atoms with Crippen molar-refractivity contribution in [3.05, 3.63) is 77.9 Å². The molecule has 2 rings (SSSR count). The first-order valence-electron chi connectivity index (χ1n) is 5.82. The summed E-state index contributed by atoms with van der Waals surface area (Å²) < 4.78 is 0. The molecule has 0 spiro atoms. The molecule has 5 heteroatoms. The molecule has 2 aromatic carbocycles. The third kappa shape index (κ3) is 8.48. The normalized spacial score (nSPS) is 9.14. The first-order chi connectivity index (χ1) is 9.59. The molecule has 0 fully saturated rings. The molecule has 0 radical (unpaired) electrons. The SMILES string of the molecule is O=C(O)/C=C/c1ccccc1.O=C([O-])c1ccccc1.[Li+]. The van der Waals surface area contributed by atoms with Gasteiger partial charge < -0.3 is 15.0 Å². The van der Waals surface area contributed by atoms with Crippen LogP contribution in [-0.2, 0) is 4.79 Å². The Balaban J connectivity index is 0.000000370. The van der Waals surface area contributed by atoms with Crippen molar-refractivity contribution in [1.29, 1.82) is 0 Å². The average Bonchev–Trinajstić information content (AvgIpc) is 2.48. The van der Waals surface area contributed by atoms with Crippen molar-refractivity contribution >= 4 is 18.0 Å². The molecule has 0 heterocycles. The largest absolute Gasteiger partial charge is 1.00 e. The fraction of sp³-hybridized carbons (Fsp3) is 0. The van der Waals surface area contributed by atoms with Gasteiger partial charge in [0.05, 0.1) is 5.97 Å². The number of carbonyl (C=O) groups excluding carboxylic acids is 1. The summed E-state index contributed by atoms with van der Waals surface area (Å²) in [5.41, 5.74) is 1.12. The van der Waals surface area contributed by atoms with E-state index in [-0.39, 0.29) is 24.4 Å². The van der Waals surface area contributed by atoms with Crippen molar-refractivity contribution in [2.45, 2.75) is 0 Å². The van der Waals surface area contributed by atoms with Crippen LogP contribution >= 0.6 is 0 Å². The van der Waals surface area contributed by atoms with E-state index in [1.807, 2.05) is 30.3 Å². The van der Waals surface area contributed by atoms with Crippen LogP contribution in [0.15, 0.2) is 66.7 Å². The zero-order valence-electron chi connectivity index (χ0n) is 11.6. The van der Waals surface area contributed by atoms with Gasteiger partial charge in [-0.3, -0.25) is 0 Å². The smallest absolute Gasteiger partial charge is 0.545 e. The Labute approximate surface area is 134 Å². The minimum atomic E-state index is -1.13. The Bertz CT molecular complexity index is 580. The number of aromatic carboxylic acids is 1. The second-order valence-corrected chi connectivity index (χ2v) is 3.74. The van der Waals surface area contributed by atoms with Gasteiger partial charge in [-0.2, -0.15) is 0 Å². The van der Waals surface area contributed by atoms with Gasteiger partial charge in [0.25, 0.3) is 0 Å². The van der Waals surface area contributed by atoms with E-state index in [2.05, 4.69) is 0 Å². The summed E-state index contributed by atoms with van der Waals surface area (Å²) in [5, 5.41) is 18.4. The van der Waals surface area contributed by atoms with Crippen molar-refractivity contribution in [2.24, 2.45) is 0 Å². The number of carboxylic acid groups (broad SMARTS) is 2. The molecule has 21 heavy (non-hydrogen) atoms. The number of carbonyl (C=O) groups is 2. The van der Waals surface area contributed by atoms with Gasteiger partial charge in [-0.15, -0.1) is 0 Å². The van der Waals surface area contributed by atoms with Crippen LogP contribution in [-0.4, -0.2) is 17.0 Å². The van der Waals surface area contributed by atoms with Crippen LogP contribution in [0.3, 0.4) is 0 Å². The van der Waals surface area contributed by atoms with E-state index in [1.54, 1.807) is 24.3 Å². The maximum atomic E-state index is 10.1. The first kappa shape index (κ1) is 18.7. The van der Waals surface area contributed by atoms with E-state index in [0.29, 0.717) is 0 Å². The predicted molar refractivity (Wildman–Crippen MR) is 73.9 cm³/mol. The third-order valence-electron chi connectivity index (χ3n) is 2.23. The zero-order chi connectivity index (χ0) is 14.8. The van der Waals surface area contributed by atoms with Gasteiger partial charge >= 0.3 is 24.8 Å². The topological polar surface area (TPSA) is 77.4 Å². The summed E-state index contributed by atoms with van der Waals surface area (Å²) in [6.07, 6.45) is 2.68. The number of aliphatic carboxylic acids is 1. The molecule has 0 aliphatic heterocycles. The van der Waals surface area contributed by atoms with Crippen LogP contribution in [0.1, 0.15) is 15.9 Å². The molecular formula is C16H13LiO4. The van der Waals surface area contributed by atoms with Crippen molar-refractivity contribution in [3.63, 3.8) is 0 Å². The van der Waals surface area contributed by atoms with Gasteiger partial charge in [-0.1, -0.05) is 60.7 Å². The summed E-state index contributed by atoms with van der Waals surface area (Å²) in [6.45, 7) is 0. The summed E-state index contributed by atoms with van der Waals surface area (Å²) in [6, 6.07) is 17.4. The Morgan fingerprint density at radius 1 is 0.905 bits per heavy atom. The molecule has 2 aromatic rings. The molecular weight excluding hydrogens is 263 g/mol. The number of rotatable bonds is 3. The Kier molecular flexibility index (Phi) is 9.36. The molecule has 0 aliphatic rings. The van der Waals surface area contributed by atoms with Gasteiger partial charge in [-0.05, 0) is 17.2 Å². The number of carboxylic acids is 2. The summed E-state index contributed by atoms with van der Waals surface area (Å²) >= 11 is 0. The van der Waals surface area contributed by atoms with Gasteiger partial charge in [0.15, 0.2) is 0 Å². The molecule has 4 nitrogen and oxygen atoms in total. The van der Waals surface area contributed by atoms with Crippen LogP contribution in [0, 0.1) is 0 Å². The molecule has 1 N–H and O–H groups in total. The maximum absolute atomic E-state index is 10.1. The van der Waals surface area contributed by atoms with Gasteiger partial charge in [0, 0.05) is 6.08 Å². The Morgan fingerprint density at radius 3 is 1.76 bits per heavy atom. The summed E-state index contributed by atoms with van der Waals surface area (Å²) in [5.74, 6) is -2.05. The number of hydrogen-bond donors (Lipinski definition) is 1. The molecule has 0 amide bonds. The van der Waals surface area contributed by atoms with E-state index in [4.69, 9.17) is 5.11 Å². The van der Waals surface area contributed by atoms with Crippen LogP contribution in [0.25, 0.3) is 6.08 Å². The standard InChI is InChI=1S/C9H8O2.C7H6O2.Li/c10-9(11)7-6-8-4-2-1-3-5-8;8-7(9)6-4-2-1-3-5-6;/h1-7H,(H,10,11);1-5H,(H,8,9);/q;;+1/p-1/b7-6+;;. The molecule has 102 valence electrons. The molecule has 0 unspecified atom stereocenters. The predicted octanol–water partition coefficient (Wildman–Crippen LogP) is -1.16. The molecule has 0 atom stereocenters. The minimum absolute atomic E-state index is 0. The molecule has 0 saturated heterocycles. The monoisotopic (exact) mass is 276 g/mol.